The molecular weight excluding hydrogens is 721 g/mol. The van der Waals surface area contributed by atoms with E-state index in [-0.39, 0.29) is 17.5 Å². The van der Waals surface area contributed by atoms with Gasteiger partial charge in [0.25, 0.3) is 11.8 Å². The summed E-state index contributed by atoms with van der Waals surface area (Å²) in [6, 6.07) is 32.6. The summed E-state index contributed by atoms with van der Waals surface area (Å²) in [6.07, 6.45) is 2.11. The number of hydrogen-bond donors (Lipinski definition) is 3. The molecule has 0 saturated carbocycles. The molecule has 1 aliphatic heterocycles. The quantitative estimate of drug-likeness (QED) is 0.0717. The van der Waals surface area contributed by atoms with Gasteiger partial charge in [-0.05, 0) is 72.0 Å². The molecule has 0 fully saturated rings. The summed E-state index contributed by atoms with van der Waals surface area (Å²) in [7, 11) is 1.30. The second-order valence-corrected chi connectivity index (χ2v) is 14.8. The van der Waals surface area contributed by atoms with Crippen LogP contribution in [0.15, 0.2) is 120 Å². The second-order valence-electron chi connectivity index (χ2n) is 12.5. The number of carbonyl (C=O) groups is 5. The van der Waals surface area contributed by atoms with Gasteiger partial charge in [0.1, 0.15) is 15.9 Å². The summed E-state index contributed by atoms with van der Waals surface area (Å²) in [5.41, 5.74) is 4.44. The lowest BCUT2D eigenvalue weighted by atomic mass is 10.0. The summed E-state index contributed by atoms with van der Waals surface area (Å²) in [5.74, 6) is -1.93. The van der Waals surface area contributed by atoms with Gasteiger partial charge in [0.05, 0.1) is 19.2 Å². The maximum absolute atomic E-state index is 14.2. The molecule has 54 heavy (non-hydrogen) atoms. The highest BCUT2D eigenvalue weighted by molar-refractivity contribution is 8.00. The number of thiophene rings is 1. The molecule has 0 aliphatic carbocycles. The van der Waals surface area contributed by atoms with Crippen LogP contribution >= 0.6 is 23.1 Å². The second kappa shape index (κ2) is 17.2. The largest absolute Gasteiger partial charge is 0.465 e. The molecule has 0 bridgehead atoms. The van der Waals surface area contributed by atoms with Crippen LogP contribution in [0.2, 0.25) is 0 Å². The van der Waals surface area contributed by atoms with Crippen LogP contribution in [0.25, 0.3) is 6.08 Å². The Morgan fingerprint density at radius 2 is 1.57 bits per heavy atom. The number of rotatable bonds is 11. The molecule has 1 unspecified atom stereocenters. The Morgan fingerprint density at radius 1 is 0.870 bits per heavy atom. The Hall–Kier alpha value is -5.98. The first-order valence-corrected chi connectivity index (χ1v) is 18.9. The van der Waals surface area contributed by atoms with Gasteiger partial charge in [-0.3, -0.25) is 19.2 Å². The molecule has 0 spiro atoms. The van der Waals surface area contributed by atoms with Crippen LogP contribution in [-0.2, 0) is 32.1 Å². The van der Waals surface area contributed by atoms with Crippen LogP contribution in [-0.4, -0.2) is 48.2 Å². The van der Waals surface area contributed by atoms with Crippen molar-refractivity contribution < 1.29 is 28.7 Å². The van der Waals surface area contributed by atoms with Crippen molar-refractivity contribution in [3.63, 3.8) is 0 Å². The van der Waals surface area contributed by atoms with Gasteiger partial charge in [0, 0.05) is 34.5 Å². The first-order chi connectivity index (χ1) is 26.1. The minimum Gasteiger partial charge on any atom is -0.465 e. The molecule has 1 aromatic heterocycles. The SMILES string of the molecule is COC(=O)c1c(NC(=O)C(Sc2cccc(NC(=O)/C(=C/c3ccccc3C)NC(=O)c3ccccc3)c2)c2ccccc2)sc2c1CCN(C(C)=O)C2. The standard InChI is InChI=1S/C42H38N4O6S2/c1-26-13-10-11-18-30(26)23-34(44-38(48)29-16-8-5-9-17-29)39(49)43-31-19-12-20-32(24-31)53-37(28-14-6-4-7-15-28)40(50)45-41-36(42(51)52-3)33-21-22-46(27(2)47)25-35(33)54-41/h4-20,23-24,37H,21-22,25H2,1-3H3,(H,43,49)(H,44,48)(H,45,50)/b34-23-. The number of thioether (sulfide) groups is 1. The van der Waals surface area contributed by atoms with Crippen molar-refractivity contribution in [2.45, 2.75) is 37.0 Å². The van der Waals surface area contributed by atoms with Gasteiger partial charge in [-0.1, -0.05) is 78.9 Å². The van der Waals surface area contributed by atoms with Crippen LogP contribution in [0.5, 0.6) is 0 Å². The van der Waals surface area contributed by atoms with Gasteiger partial charge in [-0.25, -0.2) is 4.79 Å². The lowest BCUT2D eigenvalue weighted by Crippen LogP contribution is -2.33. The van der Waals surface area contributed by atoms with E-state index in [1.54, 1.807) is 53.4 Å². The van der Waals surface area contributed by atoms with E-state index in [0.29, 0.717) is 46.2 Å². The summed E-state index contributed by atoms with van der Waals surface area (Å²) in [6.45, 7) is 4.25. The lowest BCUT2D eigenvalue weighted by Gasteiger charge is -2.25. The molecule has 2 heterocycles. The summed E-state index contributed by atoms with van der Waals surface area (Å²) < 4.78 is 5.11. The van der Waals surface area contributed by atoms with Crippen LogP contribution in [0, 0.1) is 6.92 Å². The first kappa shape index (κ1) is 37.8. The Kier molecular flexibility index (Phi) is 12.1. The third-order valence-corrected chi connectivity index (χ3v) is 11.2. The third-order valence-electron chi connectivity index (χ3n) is 8.83. The Bertz CT molecular complexity index is 2240. The van der Waals surface area contributed by atoms with Crippen LogP contribution in [0.4, 0.5) is 10.7 Å². The Balaban J connectivity index is 1.25. The minimum atomic E-state index is -0.753. The molecule has 3 N–H and O–H groups in total. The van der Waals surface area contributed by atoms with Gasteiger partial charge in [-0.15, -0.1) is 23.1 Å². The highest BCUT2D eigenvalue weighted by atomic mass is 32.2. The average molecular weight is 759 g/mol. The van der Waals surface area contributed by atoms with Gasteiger partial charge in [0.15, 0.2) is 0 Å². The molecule has 5 aromatic rings. The van der Waals surface area contributed by atoms with E-state index in [1.807, 2.05) is 73.7 Å². The summed E-state index contributed by atoms with van der Waals surface area (Å²) in [4.78, 5) is 69.5. The van der Waals surface area contributed by atoms with Crippen molar-refractivity contribution in [3.05, 3.63) is 153 Å². The highest BCUT2D eigenvalue weighted by Crippen LogP contribution is 2.41. The monoisotopic (exact) mass is 758 g/mol. The normalized spacial score (nSPS) is 12.9. The molecule has 4 aromatic carbocycles. The summed E-state index contributed by atoms with van der Waals surface area (Å²) in [5, 5.41) is 8.31. The number of nitrogens with one attached hydrogen (secondary N) is 3. The molecule has 4 amide bonds. The smallest absolute Gasteiger partial charge is 0.341 e. The Labute approximate surface area is 321 Å². The Morgan fingerprint density at radius 3 is 2.28 bits per heavy atom. The maximum atomic E-state index is 14.2. The molecule has 0 radical (unpaired) electrons. The predicted octanol–water partition coefficient (Wildman–Crippen LogP) is 7.63. The number of hydrogen-bond acceptors (Lipinski definition) is 8. The van der Waals surface area contributed by atoms with E-state index in [0.717, 1.165) is 27.1 Å². The molecular formula is C42H38N4O6S2. The number of benzene rings is 4. The van der Waals surface area contributed by atoms with Gasteiger partial charge in [0.2, 0.25) is 11.8 Å². The molecule has 1 aliphatic rings. The third kappa shape index (κ3) is 8.96. The van der Waals surface area contributed by atoms with Gasteiger partial charge < -0.3 is 25.6 Å². The minimum absolute atomic E-state index is 0.0595. The van der Waals surface area contributed by atoms with Crippen molar-refractivity contribution >= 4 is 69.5 Å². The van der Waals surface area contributed by atoms with Crippen molar-refractivity contribution in [2.75, 3.05) is 24.3 Å². The fourth-order valence-electron chi connectivity index (χ4n) is 5.98. The van der Waals surface area contributed by atoms with Crippen molar-refractivity contribution in [1.82, 2.24) is 10.2 Å². The van der Waals surface area contributed by atoms with Crippen molar-refractivity contribution in [1.29, 1.82) is 0 Å². The van der Waals surface area contributed by atoms with E-state index in [1.165, 1.54) is 37.1 Å². The number of nitrogens with zero attached hydrogens (tertiary/aromatic N) is 1. The number of esters is 1. The number of ether oxygens (including phenoxy) is 1. The summed E-state index contributed by atoms with van der Waals surface area (Å²) >= 11 is 2.55. The predicted molar refractivity (Wildman–Crippen MR) is 212 cm³/mol. The van der Waals surface area contributed by atoms with E-state index in [9.17, 15) is 24.0 Å². The number of methoxy groups -OCH3 is 1. The highest BCUT2D eigenvalue weighted by Gasteiger charge is 2.32. The topological polar surface area (TPSA) is 134 Å². The molecule has 0 saturated heterocycles. The van der Waals surface area contributed by atoms with E-state index in [2.05, 4.69) is 16.0 Å². The van der Waals surface area contributed by atoms with Crippen LogP contribution in [0.3, 0.4) is 0 Å². The molecule has 1 atom stereocenters. The maximum Gasteiger partial charge on any atom is 0.341 e. The van der Waals surface area contributed by atoms with Gasteiger partial charge >= 0.3 is 5.97 Å². The zero-order chi connectivity index (χ0) is 38.2. The van der Waals surface area contributed by atoms with Crippen LogP contribution in [0.1, 0.15) is 60.0 Å². The zero-order valence-electron chi connectivity index (χ0n) is 29.9. The van der Waals surface area contributed by atoms with Gasteiger partial charge in [-0.2, -0.15) is 0 Å². The number of aryl methyl sites for hydroxylation is 1. The molecule has 10 nitrogen and oxygen atoms in total. The fourth-order valence-corrected chi connectivity index (χ4v) is 8.32. The first-order valence-electron chi connectivity index (χ1n) is 17.2. The van der Waals surface area contributed by atoms with Crippen molar-refractivity contribution in [2.24, 2.45) is 0 Å². The van der Waals surface area contributed by atoms with E-state index >= 15 is 0 Å². The number of anilines is 2. The van der Waals surface area contributed by atoms with Crippen molar-refractivity contribution in [3.8, 4) is 0 Å². The number of amides is 4. The lowest BCUT2D eigenvalue weighted by molar-refractivity contribution is -0.129. The van der Waals surface area contributed by atoms with E-state index < -0.39 is 23.0 Å². The number of fused-ring (bicyclic) bond motifs is 1. The fraction of sp³-hybridized carbons (Fsp3) is 0.167. The average Bonchev–Trinajstić information content (AvgIpc) is 3.54. The van der Waals surface area contributed by atoms with Crippen LogP contribution < -0.4 is 16.0 Å². The molecule has 274 valence electrons. The molecule has 12 heteroatoms. The number of carbonyl (C=O) groups excluding carboxylic acids is 5. The zero-order valence-corrected chi connectivity index (χ0v) is 31.5. The molecule has 6 rings (SSSR count). The van der Waals surface area contributed by atoms with E-state index in [4.69, 9.17) is 4.74 Å².